The van der Waals surface area contributed by atoms with Gasteiger partial charge in [-0.05, 0) is 61.4 Å². The highest BCUT2D eigenvalue weighted by atomic mass is 35.5. The molecule has 0 aromatic heterocycles. The third-order valence-electron chi connectivity index (χ3n) is 3.46. The molecule has 7 heteroatoms. The molecule has 0 aliphatic rings. The SMILES string of the molecule is COc1cc(C)c(S(=O)(=O)NCCSc2ccc(Cl)cc2)cc1C. The Bertz CT molecular complexity index is 805. The van der Waals surface area contributed by atoms with Crippen LogP contribution in [0, 0.1) is 13.8 Å². The maximum Gasteiger partial charge on any atom is 0.240 e. The zero-order chi connectivity index (χ0) is 17.7. The number of aryl methyl sites for hydroxylation is 2. The Morgan fingerprint density at radius 1 is 1.12 bits per heavy atom. The highest BCUT2D eigenvalue weighted by Crippen LogP contribution is 2.25. The zero-order valence-electron chi connectivity index (χ0n) is 13.8. The highest BCUT2D eigenvalue weighted by Gasteiger charge is 2.18. The van der Waals surface area contributed by atoms with Crippen molar-refractivity contribution in [2.75, 3.05) is 19.4 Å². The summed E-state index contributed by atoms with van der Waals surface area (Å²) in [5, 5.41) is 0.686. The summed E-state index contributed by atoms with van der Waals surface area (Å²) in [5.41, 5.74) is 1.45. The van der Waals surface area contributed by atoms with Gasteiger partial charge in [-0.15, -0.1) is 11.8 Å². The predicted molar refractivity (Wildman–Crippen MR) is 99.8 cm³/mol. The van der Waals surface area contributed by atoms with Crippen molar-refractivity contribution >= 4 is 33.4 Å². The van der Waals surface area contributed by atoms with Crippen LogP contribution in [0.4, 0.5) is 0 Å². The Labute approximate surface area is 152 Å². The van der Waals surface area contributed by atoms with E-state index in [-0.39, 0.29) is 4.90 Å². The van der Waals surface area contributed by atoms with Crippen molar-refractivity contribution in [1.29, 1.82) is 0 Å². The standard InChI is InChI=1S/C17H20ClNO3S2/c1-12-11-17(13(2)10-16(12)22-3)24(20,21)19-8-9-23-15-6-4-14(18)5-7-15/h4-7,10-11,19H,8-9H2,1-3H3. The molecule has 0 bridgehead atoms. The summed E-state index contributed by atoms with van der Waals surface area (Å²) in [6, 6.07) is 10.8. The van der Waals surface area contributed by atoms with Crippen molar-refractivity contribution in [3.8, 4) is 5.75 Å². The number of hydrogen-bond acceptors (Lipinski definition) is 4. The van der Waals surface area contributed by atoms with Gasteiger partial charge in [0.05, 0.1) is 12.0 Å². The van der Waals surface area contributed by atoms with Gasteiger partial charge in [0, 0.05) is 22.2 Å². The van der Waals surface area contributed by atoms with Crippen molar-refractivity contribution in [1.82, 2.24) is 4.72 Å². The monoisotopic (exact) mass is 385 g/mol. The van der Waals surface area contributed by atoms with Gasteiger partial charge in [0.1, 0.15) is 5.75 Å². The molecule has 4 nitrogen and oxygen atoms in total. The molecule has 0 aliphatic carbocycles. The smallest absolute Gasteiger partial charge is 0.240 e. The average molecular weight is 386 g/mol. The number of ether oxygens (including phenoxy) is 1. The van der Waals surface area contributed by atoms with E-state index in [9.17, 15) is 8.42 Å². The second kappa shape index (κ2) is 8.25. The summed E-state index contributed by atoms with van der Waals surface area (Å²) in [6.07, 6.45) is 0. The van der Waals surface area contributed by atoms with Gasteiger partial charge in [0.25, 0.3) is 0 Å². The van der Waals surface area contributed by atoms with E-state index in [0.717, 1.165) is 10.5 Å². The molecule has 0 unspecified atom stereocenters. The van der Waals surface area contributed by atoms with E-state index in [1.807, 2.05) is 31.2 Å². The molecule has 0 fully saturated rings. The van der Waals surface area contributed by atoms with Crippen LogP contribution < -0.4 is 9.46 Å². The van der Waals surface area contributed by atoms with Crippen molar-refractivity contribution in [3.05, 3.63) is 52.5 Å². The summed E-state index contributed by atoms with van der Waals surface area (Å²) in [7, 11) is -1.97. The topological polar surface area (TPSA) is 55.4 Å². The second-order valence-corrected chi connectivity index (χ2v) is 8.63. The van der Waals surface area contributed by atoms with Gasteiger partial charge in [-0.2, -0.15) is 0 Å². The number of hydrogen-bond donors (Lipinski definition) is 1. The Balaban J connectivity index is 1.98. The minimum absolute atomic E-state index is 0.289. The number of sulfonamides is 1. The van der Waals surface area contributed by atoms with Crippen LogP contribution in [0.25, 0.3) is 0 Å². The van der Waals surface area contributed by atoms with E-state index in [0.29, 0.717) is 28.6 Å². The second-order valence-electron chi connectivity index (χ2n) is 5.29. The van der Waals surface area contributed by atoms with Gasteiger partial charge in [-0.3, -0.25) is 0 Å². The van der Waals surface area contributed by atoms with E-state index in [1.54, 1.807) is 37.9 Å². The fraction of sp³-hybridized carbons (Fsp3) is 0.294. The van der Waals surface area contributed by atoms with Crippen molar-refractivity contribution in [2.45, 2.75) is 23.6 Å². The first-order chi connectivity index (χ1) is 11.3. The number of benzene rings is 2. The first-order valence-electron chi connectivity index (χ1n) is 7.37. The van der Waals surface area contributed by atoms with Crippen LogP contribution in [0.3, 0.4) is 0 Å². The minimum Gasteiger partial charge on any atom is -0.496 e. The summed E-state index contributed by atoms with van der Waals surface area (Å²) >= 11 is 7.41. The molecule has 0 spiro atoms. The fourth-order valence-electron chi connectivity index (χ4n) is 2.23. The third-order valence-corrected chi connectivity index (χ3v) is 6.33. The first kappa shape index (κ1) is 19.1. The average Bonchev–Trinajstić information content (AvgIpc) is 2.55. The quantitative estimate of drug-likeness (QED) is 0.577. The largest absolute Gasteiger partial charge is 0.496 e. The lowest BCUT2D eigenvalue weighted by molar-refractivity contribution is 0.411. The lowest BCUT2D eigenvalue weighted by atomic mass is 10.1. The van der Waals surface area contributed by atoms with Gasteiger partial charge < -0.3 is 4.74 Å². The van der Waals surface area contributed by atoms with Crippen molar-refractivity contribution in [2.24, 2.45) is 0 Å². The number of thioether (sulfide) groups is 1. The number of methoxy groups -OCH3 is 1. The van der Waals surface area contributed by atoms with Crippen molar-refractivity contribution in [3.63, 3.8) is 0 Å². The molecule has 0 atom stereocenters. The van der Waals surface area contributed by atoms with Crippen LogP contribution in [0.15, 0.2) is 46.2 Å². The lowest BCUT2D eigenvalue weighted by Gasteiger charge is -2.12. The van der Waals surface area contributed by atoms with Crippen LogP contribution in [0.1, 0.15) is 11.1 Å². The van der Waals surface area contributed by atoms with E-state index in [2.05, 4.69) is 4.72 Å². The van der Waals surface area contributed by atoms with E-state index in [1.165, 1.54) is 0 Å². The molecule has 0 saturated carbocycles. The van der Waals surface area contributed by atoms with Gasteiger partial charge in [-0.25, -0.2) is 13.1 Å². The van der Waals surface area contributed by atoms with Gasteiger partial charge in [0.15, 0.2) is 0 Å². The number of rotatable bonds is 7. The van der Waals surface area contributed by atoms with Crippen LogP contribution in [-0.2, 0) is 10.0 Å². The molecule has 24 heavy (non-hydrogen) atoms. The summed E-state index contributed by atoms with van der Waals surface area (Å²) in [6.45, 7) is 3.94. The zero-order valence-corrected chi connectivity index (χ0v) is 16.2. The molecule has 2 aromatic carbocycles. The third kappa shape index (κ3) is 4.89. The normalized spacial score (nSPS) is 11.5. The first-order valence-corrected chi connectivity index (χ1v) is 10.2. The maximum absolute atomic E-state index is 12.5. The Kier molecular flexibility index (Phi) is 6.57. The van der Waals surface area contributed by atoms with Crippen LogP contribution in [0.5, 0.6) is 5.75 Å². The molecule has 0 heterocycles. The van der Waals surface area contributed by atoms with Crippen molar-refractivity contribution < 1.29 is 13.2 Å². The van der Waals surface area contributed by atoms with Crippen LogP contribution in [-0.4, -0.2) is 27.8 Å². The molecule has 1 N–H and O–H groups in total. The molecule has 0 amide bonds. The summed E-state index contributed by atoms with van der Waals surface area (Å²) < 4.78 is 32.8. The summed E-state index contributed by atoms with van der Waals surface area (Å²) in [4.78, 5) is 1.34. The highest BCUT2D eigenvalue weighted by molar-refractivity contribution is 7.99. The van der Waals surface area contributed by atoms with Gasteiger partial charge in [-0.1, -0.05) is 11.6 Å². The molecule has 0 radical (unpaired) electrons. The summed E-state index contributed by atoms with van der Waals surface area (Å²) in [5.74, 6) is 1.32. The van der Waals surface area contributed by atoms with Gasteiger partial charge >= 0.3 is 0 Å². The molecule has 130 valence electrons. The molecule has 0 saturated heterocycles. The van der Waals surface area contributed by atoms with E-state index >= 15 is 0 Å². The van der Waals surface area contributed by atoms with Crippen LogP contribution >= 0.6 is 23.4 Å². The molecule has 0 aliphatic heterocycles. The molecule has 2 rings (SSSR count). The van der Waals surface area contributed by atoms with Crippen LogP contribution in [0.2, 0.25) is 5.02 Å². The number of nitrogens with one attached hydrogen (secondary N) is 1. The Hall–Kier alpha value is -1.21. The Morgan fingerprint density at radius 2 is 1.79 bits per heavy atom. The minimum atomic E-state index is -3.54. The number of halogens is 1. The molecular formula is C17H20ClNO3S2. The van der Waals surface area contributed by atoms with E-state index in [4.69, 9.17) is 16.3 Å². The maximum atomic E-state index is 12.5. The van der Waals surface area contributed by atoms with E-state index < -0.39 is 10.0 Å². The fourth-order valence-corrected chi connectivity index (χ4v) is 4.59. The molecular weight excluding hydrogens is 366 g/mol. The van der Waals surface area contributed by atoms with Gasteiger partial charge in [0.2, 0.25) is 10.0 Å². The predicted octanol–water partition coefficient (Wildman–Crippen LogP) is 4.04. The lowest BCUT2D eigenvalue weighted by Crippen LogP contribution is -2.26. The molecule has 2 aromatic rings. The Morgan fingerprint density at radius 3 is 2.42 bits per heavy atom.